The first-order chi connectivity index (χ1) is 11.9. The Morgan fingerprint density at radius 2 is 1.62 bits per heavy atom. The first-order valence-corrected chi connectivity index (χ1v) is 9.73. The molecule has 0 bridgehead atoms. The highest BCUT2D eigenvalue weighted by atomic mass is 15.2. The topological polar surface area (TPSA) is 3.24 Å². The summed E-state index contributed by atoms with van der Waals surface area (Å²) in [4.78, 5) is 2.86. The summed E-state index contributed by atoms with van der Waals surface area (Å²) < 4.78 is 0. The van der Waals surface area contributed by atoms with Crippen LogP contribution in [0.2, 0.25) is 12.6 Å². The molecule has 0 amide bonds. The minimum Gasteiger partial charge on any atom is -0.338 e. The zero-order valence-electron chi connectivity index (χ0n) is 14.8. The van der Waals surface area contributed by atoms with Crippen LogP contribution in [-0.2, 0) is 5.41 Å². The summed E-state index contributed by atoms with van der Waals surface area (Å²) in [6.45, 7) is 4.36. The van der Waals surface area contributed by atoms with E-state index in [4.69, 9.17) is 0 Å². The quantitative estimate of drug-likeness (QED) is 0.681. The molecule has 24 heavy (non-hydrogen) atoms. The monoisotopic (exact) mass is 317 g/mol. The standard InChI is InChI=1S/C22H28BN/c1-2-3-16-23-18-22(19-11-6-4-7-12-19,20-13-8-5-9-14-20)21-15-10-17-24(21)23/h4-9,11-14,21H,2-3,10,15-18H2,1H3/t21-/m1/s1. The predicted octanol–water partition coefficient (Wildman–Crippen LogP) is 5.24. The van der Waals surface area contributed by atoms with Gasteiger partial charge in [0.2, 0.25) is 6.85 Å². The van der Waals surface area contributed by atoms with Crippen LogP contribution in [0.4, 0.5) is 0 Å². The SMILES string of the molecule is CCCCB1CC(c2ccccc2)(c2ccccc2)[C@H]2CCCN12. The molecule has 0 spiro atoms. The third-order valence-corrected chi connectivity index (χ3v) is 6.36. The molecule has 2 aromatic carbocycles. The van der Waals surface area contributed by atoms with E-state index in [1.54, 1.807) is 0 Å². The van der Waals surface area contributed by atoms with Crippen molar-refractivity contribution < 1.29 is 0 Å². The van der Waals surface area contributed by atoms with Crippen molar-refractivity contribution in [2.24, 2.45) is 0 Å². The number of hydrogen-bond donors (Lipinski definition) is 0. The van der Waals surface area contributed by atoms with Gasteiger partial charge in [-0.1, -0.05) is 86.7 Å². The molecule has 2 aliphatic rings. The Morgan fingerprint density at radius 3 is 2.21 bits per heavy atom. The number of benzene rings is 2. The van der Waals surface area contributed by atoms with E-state index in [-0.39, 0.29) is 5.41 Å². The average Bonchev–Trinajstić information content (AvgIpc) is 3.24. The van der Waals surface area contributed by atoms with Gasteiger partial charge in [0.15, 0.2) is 0 Å². The summed E-state index contributed by atoms with van der Waals surface area (Å²) in [5.41, 5.74) is 3.22. The molecule has 0 saturated carbocycles. The van der Waals surface area contributed by atoms with E-state index in [1.807, 2.05) is 0 Å². The van der Waals surface area contributed by atoms with Crippen molar-refractivity contribution in [1.29, 1.82) is 0 Å². The van der Waals surface area contributed by atoms with Crippen LogP contribution in [-0.4, -0.2) is 24.2 Å². The molecular weight excluding hydrogens is 289 g/mol. The first kappa shape index (κ1) is 16.0. The maximum Gasteiger partial charge on any atom is 0.224 e. The molecular formula is C22H28BN. The van der Waals surface area contributed by atoms with Crippen LogP contribution in [0.15, 0.2) is 60.7 Å². The maximum atomic E-state index is 2.86. The number of nitrogens with zero attached hydrogens (tertiary/aromatic N) is 1. The Morgan fingerprint density at radius 1 is 1.00 bits per heavy atom. The highest BCUT2D eigenvalue weighted by Crippen LogP contribution is 2.52. The lowest BCUT2D eigenvalue weighted by Crippen LogP contribution is -2.41. The van der Waals surface area contributed by atoms with Gasteiger partial charge in [-0.25, -0.2) is 0 Å². The summed E-state index contributed by atoms with van der Waals surface area (Å²) >= 11 is 0. The van der Waals surface area contributed by atoms with Crippen LogP contribution in [0.1, 0.15) is 43.7 Å². The largest absolute Gasteiger partial charge is 0.338 e. The Balaban J connectivity index is 1.82. The van der Waals surface area contributed by atoms with Gasteiger partial charge in [-0.3, -0.25) is 0 Å². The fourth-order valence-corrected chi connectivity index (χ4v) is 5.35. The maximum absolute atomic E-state index is 2.86. The Bertz CT molecular complexity index is 615. The van der Waals surface area contributed by atoms with Crippen molar-refractivity contribution in [3.8, 4) is 0 Å². The van der Waals surface area contributed by atoms with E-state index in [0.717, 1.165) is 6.85 Å². The molecule has 4 rings (SSSR count). The van der Waals surface area contributed by atoms with E-state index < -0.39 is 0 Å². The minimum absolute atomic E-state index is 0.178. The Labute approximate surface area is 147 Å². The van der Waals surface area contributed by atoms with Crippen LogP contribution in [0.25, 0.3) is 0 Å². The highest BCUT2D eigenvalue weighted by molar-refractivity contribution is 6.57. The molecule has 0 N–H and O–H groups in total. The lowest BCUT2D eigenvalue weighted by Gasteiger charge is -2.37. The Hall–Kier alpha value is -1.54. The van der Waals surface area contributed by atoms with Crippen molar-refractivity contribution in [2.45, 2.75) is 56.7 Å². The molecule has 124 valence electrons. The second-order valence-electron chi connectivity index (χ2n) is 7.60. The van der Waals surface area contributed by atoms with Gasteiger partial charge >= 0.3 is 0 Å². The van der Waals surface area contributed by atoms with Crippen LogP contribution >= 0.6 is 0 Å². The number of hydrogen-bond acceptors (Lipinski definition) is 1. The lowest BCUT2D eigenvalue weighted by molar-refractivity contribution is 0.337. The molecule has 1 atom stereocenters. The zero-order chi connectivity index (χ0) is 16.4. The molecule has 0 aliphatic carbocycles. The average molecular weight is 317 g/mol. The van der Waals surface area contributed by atoms with Crippen molar-refractivity contribution >= 4 is 6.85 Å². The normalized spacial score (nSPS) is 22.7. The number of rotatable bonds is 5. The van der Waals surface area contributed by atoms with Crippen molar-refractivity contribution in [3.63, 3.8) is 0 Å². The molecule has 2 aliphatic heterocycles. The fraction of sp³-hybridized carbons (Fsp3) is 0.455. The second-order valence-corrected chi connectivity index (χ2v) is 7.60. The number of fused-ring (bicyclic) bond motifs is 1. The molecule has 0 unspecified atom stereocenters. The number of unbranched alkanes of at least 4 members (excludes halogenated alkanes) is 1. The van der Waals surface area contributed by atoms with Gasteiger partial charge in [-0.05, 0) is 36.8 Å². The summed E-state index contributed by atoms with van der Waals surface area (Å²) in [6.07, 6.45) is 7.99. The second kappa shape index (κ2) is 6.76. The zero-order valence-corrected chi connectivity index (χ0v) is 14.8. The third-order valence-electron chi connectivity index (χ3n) is 6.36. The minimum atomic E-state index is 0.178. The summed E-state index contributed by atoms with van der Waals surface area (Å²) in [7, 11) is 0. The summed E-state index contributed by atoms with van der Waals surface area (Å²) in [5.74, 6) is 0. The van der Waals surface area contributed by atoms with Gasteiger partial charge in [0.25, 0.3) is 0 Å². The van der Waals surface area contributed by atoms with E-state index in [9.17, 15) is 0 Å². The van der Waals surface area contributed by atoms with E-state index in [1.165, 1.54) is 56.0 Å². The van der Waals surface area contributed by atoms with Gasteiger partial charge in [-0.2, -0.15) is 0 Å². The van der Waals surface area contributed by atoms with Gasteiger partial charge in [0.05, 0.1) is 0 Å². The fourth-order valence-electron chi connectivity index (χ4n) is 5.35. The molecule has 0 aromatic heterocycles. The third kappa shape index (κ3) is 2.52. The first-order valence-electron chi connectivity index (χ1n) is 9.73. The van der Waals surface area contributed by atoms with Gasteiger partial charge in [0.1, 0.15) is 0 Å². The van der Waals surface area contributed by atoms with Crippen molar-refractivity contribution in [3.05, 3.63) is 71.8 Å². The van der Waals surface area contributed by atoms with E-state index >= 15 is 0 Å². The molecule has 2 fully saturated rings. The van der Waals surface area contributed by atoms with Crippen LogP contribution < -0.4 is 0 Å². The van der Waals surface area contributed by atoms with Crippen molar-refractivity contribution in [2.75, 3.05) is 6.54 Å². The Kier molecular flexibility index (Phi) is 4.50. The lowest BCUT2D eigenvalue weighted by atomic mass is 9.50. The predicted molar refractivity (Wildman–Crippen MR) is 104 cm³/mol. The molecule has 2 heteroatoms. The summed E-state index contributed by atoms with van der Waals surface area (Å²) in [5, 5.41) is 0. The van der Waals surface area contributed by atoms with Crippen LogP contribution in [0.3, 0.4) is 0 Å². The van der Waals surface area contributed by atoms with Crippen LogP contribution in [0, 0.1) is 0 Å². The summed E-state index contributed by atoms with van der Waals surface area (Å²) in [6, 6.07) is 23.3. The highest BCUT2D eigenvalue weighted by Gasteiger charge is 2.55. The molecule has 2 aromatic rings. The molecule has 2 heterocycles. The van der Waals surface area contributed by atoms with Gasteiger partial charge < -0.3 is 4.81 Å². The van der Waals surface area contributed by atoms with Gasteiger partial charge in [0, 0.05) is 11.5 Å². The van der Waals surface area contributed by atoms with E-state index in [0.29, 0.717) is 6.04 Å². The molecule has 2 saturated heterocycles. The molecule has 0 radical (unpaired) electrons. The van der Waals surface area contributed by atoms with Gasteiger partial charge in [-0.15, -0.1) is 0 Å². The smallest absolute Gasteiger partial charge is 0.224 e. The molecule has 1 nitrogen and oxygen atoms in total. The van der Waals surface area contributed by atoms with Crippen LogP contribution in [0.5, 0.6) is 0 Å². The van der Waals surface area contributed by atoms with E-state index in [2.05, 4.69) is 72.4 Å². The van der Waals surface area contributed by atoms with Crippen molar-refractivity contribution in [1.82, 2.24) is 4.81 Å².